The van der Waals surface area contributed by atoms with Crippen molar-refractivity contribution in [1.29, 1.82) is 0 Å². The van der Waals surface area contributed by atoms with Gasteiger partial charge in [0.05, 0.1) is 6.10 Å². The van der Waals surface area contributed by atoms with Crippen LogP contribution < -0.4 is 0 Å². The fourth-order valence-electron chi connectivity index (χ4n) is 3.46. The second kappa shape index (κ2) is 3.96. The molecule has 1 N–H and O–H groups in total. The summed E-state index contributed by atoms with van der Waals surface area (Å²) in [6, 6.07) is 3.00. The molecule has 1 nitrogen and oxygen atoms in total. The van der Waals surface area contributed by atoms with Crippen LogP contribution in [0.25, 0.3) is 0 Å². The molecule has 1 aromatic rings. The first-order chi connectivity index (χ1) is 8.09. The van der Waals surface area contributed by atoms with Gasteiger partial charge in [-0.05, 0) is 60.8 Å². The maximum atomic E-state index is 13.3. The van der Waals surface area contributed by atoms with Crippen molar-refractivity contribution in [2.24, 2.45) is 17.8 Å². The molecule has 0 radical (unpaired) electrons. The molecule has 0 saturated heterocycles. The Kier molecular flexibility index (Phi) is 2.68. The molecular weight excluding hydrogens is 239 g/mol. The van der Waals surface area contributed by atoms with E-state index in [-0.39, 0.29) is 5.82 Å². The lowest BCUT2D eigenvalue weighted by molar-refractivity contribution is 0.137. The van der Waals surface area contributed by atoms with Crippen LogP contribution in [0.2, 0.25) is 5.02 Å². The Morgan fingerprint density at radius 1 is 1.35 bits per heavy atom. The SMILES string of the molecule is Cc1cc(C(O)C2C3CCCC32)c(Cl)cc1F. The number of aliphatic hydroxyl groups is 1. The van der Waals surface area contributed by atoms with Gasteiger partial charge in [-0.25, -0.2) is 4.39 Å². The van der Waals surface area contributed by atoms with E-state index >= 15 is 0 Å². The Morgan fingerprint density at radius 3 is 2.65 bits per heavy atom. The van der Waals surface area contributed by atoms with Crippen LogP contribution in [0, 0.1) is 30.5 Å². The zero-order chi connectivity index (χ0) is 12.2. The molecule has 0 heterocycles. The zero-order valence-corrected chi connectivity index (χ0v) is 10.5. The summed E-state index contributed by atoms with van der Waals surface area (Å²) in [5.74, 6) is 1.39. The molecule has 3 heteroatoms. The van der Waals surface area contributed by atoms with Gasteiger partial charge in [-0.2, -0.15) is 0 Å². The number of rotatable bonds is 2. The topological polar surface area (TPSA) is 20.2 Å². The number of hydrogen-bond donors (Lipinski definition) is 1. The monoisotopic (exact) mass is 254 g/mol. The van der Waals surface area contributed by atoms with Gasteiger partial charge < -0.3 is 5.11 Å². The van der Waals surface area contributed by atoms with Gasteiger partial charge in [0.1, 0.15) is 5.82 Å². The normalized spacial score (nSPS) is 32.4. The van der Waals surface area contributed by atoms with E-state index in [4.69, 9.17) is 11.6 Å². The summed E-state index contributed by atoms with van der Waals surface area (Å²) >= 11 is 6.02. The first kappa shape index (κ1) is 11.5. The van der Waals surface area contributed by atoms with Crippen molar-refractivity contribution in [2.75, 3.05) is 0 Å². The van der Waals surface area contributed by atoms with Crippen LogP contribution in [0.15, 0.2) is 12.1 Å². The van der Waals surface area contributed by atoms with Crippen LogP contribution in [-0.4, -0.2) is 5.11 Å². The number of aliphatic hydroxyl groups excluding tert-OH is 1. The molecule has 2 fully saturated rings. The minimum atomic E-state index is -0.517. The van der Waals surface area contributed by atoms with Crippen LogP contribution in [0.4, 0.5) is 4.39 Å². The highest BCUT2D eigenvalue weighted by atomic mass is 35.5. The van der Waals surface area contributed by atoms with Gasteiger partial charge in [0.25, 0.3) is 0 Å². The third-order valence-electron chi connectivity index (χ3n) is 4.43. The maximum Gasteiger partial charge on any atom is 0.127 e. The van der Waals surface area contributed by atoms with Crippen LogP contribution in [-0.2, 0) is 0 Å². The van der Waals surface area contributed by atoms with Gasteiger partial charge in [-0.3, -0.25) is 0 Å². The van der Waals surface area contributed by atoms with E-state index in [2.05, 4.69) is 0 Å². The summed E-state index contributed by atoms with van der Waals surface area (Å²) in [6.07, 6.45) is 3.22. The lowest BCUT2D eigenvalue weighted by atomic mass is 9.98. The van der Waals surface area contributed by atoms with Gasteiger partial charge >= 0.3 is 0 Å². The summed E-state index contributed by atoms with van der Waals surface area (Å²) in [6.45, 7) is 1.70. The summed E-state index contributed by atoms with van der Waals surface area (Å²) < 4.78 is 13.3. The molecule has 0 amide bonds. The molecule has 1 aromatic carbocycles. The number of aryl methyl sites for hydroxylation is 1. The van der Waals surface area contributed by atoms with Crippen LogP contribution in [0.3, 0.4) is 0 Å². The first-order valence-corrected chi connectivity index (χ1v) is 6.61. The average Bonchev–Trinajstić information content (AvgIpc) is 2.76. The highest BCUT2D eigenvalue weighted by Gasteiger charge is 2.56. The second-order valence-corrected chi connectivity index (χ2v) is 5.81. The molecule has 0 spiro atoms. The van der Waals surface area contributed by atoms with E-state index in [1.807, 2.05) is 0 Å². The Bertz CT molecular complexity index is 450. The quantitative estimate of drug-likeness (QED) is 0.850. The minimum absolute atomic E-state index is 0.304. The Balaban J connectivity index is 1.87. The molecule has 2 saturated carbocycles. The number of benzene rings is 1. The van der Waals surface area contributed by atoms with E-state index in [9.17, 15) is 9.50 Å². The fourth-order valence-corrected chi connectivity index (χ4v) is 3.72. The molecule has 0 aliphatic heterocycles. The molecule has 2 aliphatic carbocycles. The van der Waals surface area contributed by atoms with Gasteiger partial charge in [-0.15, -0.1) is 0 Å². The van der Waals surface area contributed by atoms with Crippen molar-refractivity contribution in [1.82, 2.24) is 0 Å². The van der Waals surface area contributed by atoms with Crippen LogP contribution >= 0.6 is 11.6 Å². The number of fused-ring (bicyclic) bond motifs is 1. The third kappa shape index (κ3) is 1.78. The summed E-state index contributed by atoms with van der Waals surface area (Å²) in [4.78, 5) is 0. The standard InChI is InChI=1S/C14H16ClFO/c1-7-5-10(11(15)6-12(7)16)14(17)13-8-3-2-4-9(8)13/h5-6,8-9,13-14,17H,2-4H2,1H3. The van der Waals surface area contributed by atoms with E-state index in [1.54, 1.807) is 13.0 Å². The predicted molar refractivity (Wildman–Crippen MR) is 65.4 cm³/mol. The van der Waals surface area contributed by atoms with E-state index < -0.39 is 6.10 Å². The van der Waals surface area contributed by atoms with Crippen molar-refractivity contribution in [3.63, 3.8) is 0 Å². The maximum absolute atomic E-state index is 13.3. The van der Waals surface area contributed by atoms with Gasteiger partial charge in [-0.1, -0.05) is 18.0 Å². The minimum Gasteiger partial charge on any atom is -0.388 e. The second-order valence-electron chi connectivity index (χ2n) is 5.40. The molecule has 3 rings (SSSR count). The number of halogens is 2. The van der Waals surface area contributed by atoms with E-state index in [0.717, 1.165) is 0 Å². The fraction of sp³-hybridized carbons (Fsp3) is 0.571. The van der Waals surface area contributed by atoms with Crippen molar-refractivity contribution in [2.45, 2.75) is 32.3 Å². The highest BCUT2D eigenvalue weighted by molar-refractivity contribution is 6.31. The highest BCUT2D eigenvalue weighted by Crippen LogP contribution is 2.62. The molecule has 0 aromatic heterocycles. The average molecular weight is 255 g/mol. The van der Waals surface area contributed by atoms with Gasteiger partial charge in [0.15, 0.2) is 0 Å². The van der Waals surface area contributed by atoms with Crippen molar-refractivity contribution >= 4 is 11.6 Å². The molecule has 3 unspecified atom stereocenters. The van der Waals surface area contributed by atoms with Crippen LogP contribution in [0.5, 0.6) is 0 Å². The Hall–Kier alpha value is -0.600. The largest absolute Gasteiger partial charge is 0.388 e. The lowest BCUT2D eigenvalue weighted by Crippen LogP contribution is -2.06. The number of hydrogen-bond acceptors (Lipinski definition) is 1. The smallest absolute Gasteiger partial charge is 0.127 e. The van der Waals surface area contributed by atoms with Crippen molar-refractivity contribution in [3.8, 4) is 0 Å². The van der Waals surface area contributed by atoms with E-state index in [1.165, 1.54) is 25.3 Å². The van der Waals surface area contributed by atoms with Gasteiger partial charge in [0.2, 0.25) is 0 Å². The molecule has 0 bridgehead atoms. The van der Waals surface area contributed by atoms with Gasteiger partial charge in [0, 0.05) is 5.02 Å². The first-order valence-electron chi connectivity index (χ1n) is 6.23. The van der Waals surface area contributed by atoms with Crippen molar-refractivity contribution < 1.29 is 9.50 Å². The van der Waals surface area contributed by atoms with E-state index in [0.29, 0.717) is 33.9 Å². The molecule has 92 valence electrons. The summed E-state index contributed by atoms with van der Waals surface area (Å²) in [5.41, 5.74) is 1.25. The molecule has 2 aliphatic rings. The van der Waals surface area contributed by atoms with Crippen molar-refractivity contribution in [3.05, 3.63) is 34.1 Å². The zero-order valence-electron chi connectivity index (χ0n) is 9.79. The molecule has 3 atom stereocenters. The molecular formula is C14H16ClFO. The molecule has 17 heavy (non-hydrogen) atoms. The summed E-state index contributed by atoms with van der Waals surface area (Å²) in [7, 11) is 0. The van der Waals surface area contributed by atoms with Crippen LogP contribution in [0.1, 0.15) is 36.5 Å². The summed E-state index contributed by atoms with van der Waals surface area (Å²) in [5, 5.41) is 10.7. The Labute approximate surface area is 106 Å². The predicted octanol–water partition coefficient (Wildman–Crippen LogP) is 3.87. The Morgan fingerprint density at radius 2 is 2.00 bits per heavy atom. The lowest BCUT2D eigenvalue weighted by Gasteiger charge is -2.15. The third-order valence-corrected chi connectivity index (χ3v) is 4.76.